The van der Waals surface area contributed by atoms with Gasteiger partial charge in [0.05, 0.1) is 9.75 Å². The molecule has 0 spiro atoms. The lowest BCUT2D eigenvalue weighted by Crippen LogP contribution is -2.57. The lowest BCUT2D eigenvalue weighted by atomic mass is 10.5. The van der Waals surface area contributed by atoms with E-state index in [1.807, 2.05) is 21.6 Å². The van der Waals surface area contributed by atoms with E-state index in [-0.39, 0.29) is 9.75 Å². The molecule has 206 valence electrons. The summed E-state index contributed by atoms with van der Waals surface area (Å²) in [6.07, 6.45) is 7.53. The largest absolute Gasteiger partial charge is 0.515 e. The Morgan fingerprint density at radius 3 is 0.765 bits per heavy atom. The van der Waals surface area contributed by atoms with E-state index in [0.29, 0.717) is 39.6 Å². The summed E-state index contributed by atoms with van der Waals surface area (Å²) in [4.78, 5) is 0.290. The molecule has 0 saturated carbocycles. The number of hydrogen-bond donors (Lipinski definition) is 0. The summed E-state index contributed by atoms with van der Waals surface area (Å²) in [5, 5.41) is 0. The maximum Gasteiger partial charge on any atom is 0.515 e. The van der Waals surface area contributed by atoms with Gasteiger partial charge in [0.2, 0.25) is 0 Å². The van der Waals surface area contributed by atoms with E-state index in [1.165, 1.54) is 0 Å². The van der Waals surface area contributed by atoms with E-state index in [9.17, 15) is 0 Å². The van der Waals surface area contributed by atoms with Crippen LogP contribution < -0.4 is 0 Å². The second-order valence-electron chi connectivity index (χ2n) is 8.28. The van der Waals surface area contributed by atoms with Gasteiger partial charge in [0, 0.05) is 39.6 Å². The summed E-state index contributed by atoms with van der Waals surface area (Å²) in [6.45, 7) is 21.2. The average molecular weight is 559 g/mol. The van der Waals surface area contributed by atoms with Crippen molar-refractivity contribution in [2.75, 3.05) is 39.6 Å². The smallest absolute Gasteiger partial charge is 0.373 e. The van der Waals surface area contributed by atoms with Crippen molar-refractivity contribution in [2.24, 2.45) is 0 Å². The van der Waals surface area contributed by atoms with E-state index in [1.54, 1.807) is 0 Å². The molecule has 0 aromatic heterocycles. The molecule has 0 rings (SSSR count). The molecule has 0 amide bonds. The van der Waals surface area contributed by atoms with Crippen molar-refractivity contribution < 1.29 is 26.6 Å². The molecule has 6 nitrogen and oxygen atoms in total. The predicted octanol–water partition coefficient (Wildman–Crippen LogP) is 7.44. The summed E-state index contributed by atoms with van der Waals surface area (Å²) in [5.41, 5.74) is 0. The van der Waals surface area contributed by atoms with Gasteiger partial charge in [-0.3, -0.25) is 0 Å². The van der Waals surface area contributed by atoms with Crippen LogP contribution in [-0.4, -0.2) is 67.0 Å². The van der Waals surface area contributed by atoms with Gasteiger partial charge < -0.3 is 26.6 Å². The molecule has 0 aromatic rings. The zero-order valence-electron chi connectivity index (χ0n) is 23.3. The third-order valence-electron chi connectivity index (χ3n) is 4.86. The van der Waals surface area contributed by atoms with Crippen molar-refractivity contribution in [3.05, 3.63) is 0 Å². The van der Waals surface area contributed by atoms with Gasteiger partial charge in [-0.1, -0.05) is 77.0 Å². The van der Waals surface area contributed by atoms with Crippen molar-refractivity contribution >= 4 is 39.2 Å². The van der Waals surface area contributed by atoms with Gasteiger partial charge in [-0.05, 0) is 51.4 Å². The molecule has 34 heavy (non-hydrogen) atoms. The fourth-order valence-electron chi connectivity index (χ4n) is 3.16. The maximum absolute atomic E-state index is 6.46. The second kappa shape index (κ2) is 21.9. The van der Waals surface area contributed by atoms with Crippen molar-refractivity contribution in [1.29, 1.82) is 0 Å². The lowest BCUT2D eigenvalue weighted by molar-refractivity contribution is 0.0564. The highest BCUT2D eigenvalue weighted by molar-refractivity contribution is 8.77. The normalized spacial score (nSPS) is 14.5. The molecule has 2 unspecified atom stereocenters. The Bertz CT molecular complexity index is 382. The standard InChI is InChI=1S/C24H54O6S2Si2/c1-9-17-25-33(26-18-10-2,27-19-11-3)23(15-7)31-32-24(16-8)34(28-20-12-4,29-21-13-5)30-22-14-6/h23-24H,9-22H2,1-8H3. The van der Waals surface area contributed by atoms with Gasteiger partial charge in [0.15, 0.2) is 0 Å². The molecular weight excluding hydrogens is 505 g/mol. The highest BCUT2D eigenvalue weighted by Crippen LogP contribution is 2.43. The van der Waals surface area contributed by atoms with Crippen molar-refractivity contribution in [3.8, 4) is 0 Å². The van der Waals surface area contributed by atoms with Crippen molar-refractivity contribution in [3.63, 3.8) is 0 Å². The third kappa shape index (κ3) is 12.4. The Hall–Kier alpha value is 0.894. The number of hydrogen-bond acceptors (Lipinski definition) is 8. The predicted molar refractivity (Wildman–Crippen MR) is 152 cm³/mol. The van der Waals surface area contributed by atoms with Gasteiger partial charge in [-0.2, -0.15) is 0 Å². The van der Waals surface area contributed by atoms with Gasteiger partial charge in [-0.25, -0.2) is 0 Å². The van der Waals surface area contributed by atoms with Gasteiger partial charge in [0.1, 0.15) is 0 Å². The SMILES string of the molecule is CCCO[Si](OCCC)(OCCC)C(CC)SSC(CC)[Si](OCCC)(OCCC)OCCC. The summed E-state index contributed by atoms with van der Waals surface area (Å²) in [7, 11) is -2.06. The van der Waals surface area contributed by atoms with Crippen LogP contribution in [0.3, 0.4) is 0 Å². The molecule has 2 atom stereocenters. The maximum atomic E-state index is 6.46. The molecule has 0 heterocycles. The first-order valence-electron chi connectivity index (χ1n) is 13.6. The minimum Gasteiger partial charge on any atom is -0.373 e. The third-order valence-corrected chi connectivity index (χ3v) is 17.3. The van der Waals surface area contributed by atoms with Gasteiger partial charge >= 0.3 is 17.6 Å². The van der Waals surface area contributed by atoms with Crippen LogP contribution in [0.15, 0.2) is 0 Å². The Balaban J connectivity index is 5.86. The minimum absolute atomic E-state index is 0.145. The Kier molecular flexibility index (Phi) is 22.5. The molecule has 0 aliphatic heterocycles. The first-order valence-corrected chi connectivity index (χ1v) is 19.5. The Morgan fingerprint density at radius 2 is 0.618 bits per heavy atom. The summed E-state index contributed by atoms with van der Waals surface area (Å²) < 4.78 is 38.8. The van der Waals surface area contributed by atoms with Crippen LogP contribution in [0.2, 0.25) is 0 Å². The topological polar surface area (TPSA) is 55.4 Å². The molecule has 0 N–H and O–H groups in total. The highest BCUT2D eigenvalue weighted by atomic mass is 33.1. The summed E-state index contributed by atoms with van der Waals surface area (Å²) in [5.74, 6) is 0. The van der Waals surface area contributed by atoms with E-state index in [2.05, 4.69) is 55.4 Å². The van der Waals surface area contributed by atoms with E-state index < -0.39 is 17.6 Å². The Morgan fingerprint density at radius 1 is 0.412 bits per heavy atom. The van der Waals surface area contributed by atoms with Crippen LogP contribution in [0.5, 0.6) is 0 Å². The molecule has 0 bridgehead atoms. The summed E-state index contributed by atoms with van der Waals surface area (Å²) in [6, 6.07) is 0. The zero-order chi connectivity index (χ0) is 25.7. The minimum atomic E-state index is -2.87. The molecule has 0 fully saturated rings. The van der Waals surface area contributed by atoms with E-state index in [0.717, 1.165) is 51.4 Å². The fraction of sp³-hybridized carbons (Fsp3) is 1.00. The molecule has 0 saturated heterocycles. The molecule has 0 aliphatic rings. The fourth-order valence-corrected chi connectivity index (χ4v) is 16.2. The van der Waals surface area contributed by atoms with Gasteiger partial charge in [-0.15, -0.1) is 0 Å². The quantitative estimate of drug-likeness (QED) is 0.0846. The van der Waals surface area contributed by atoms with Crippen LogP contribution in [0, 0.1) is 0 Å². The van der Waals surface area contributed by atoms with Crippen LogP contribution >= 0.6 is 21.6 Å². The van der Waals surface area contributed by atoms with Crippen LogP contribution in [0.4, 0.5) is 0 Å². The second-order valence-corrected chi connectivity index (χ2v) is 17.3. The number of rotatable bonds is 25. The molecule has 0 radical (unpaired) electrons. The Labute approximate surface area is 221 Å². The molecule has 0 aliphatic carbocycles. The van der Waals surface area contributed by atoms with Gasteiger partial charge in [0.25, 0.3) is 0 Å². The molecule has 0 aromatic carbocycles. The zero-order valence-corrected chi connectivity index (χ0v) is 27.0. The average Bonchev–Trinajstić information content (AvgIpc) is 2.87. The van der Waals surface area contributed by atoms with Crippen LogP contribution in [-0.2, 0) is 26.6 Å². The molecular formula is C24H54O6S2Si2. The van der Waals surface area contributed by atoms with Crippen molar-refractivity contribution in [2.45, 2.75) is 117 Å². The van der Waals surface area contributed by atoms with Crippen LogP contribution in [0.1, 0.15) is 107 Å². The van der Waals surface area contributed by atoms with Crippen LogP contribution in [0.25, 0.3) is 0 Å². The molecule has 10 heteroatoms. The highest BCUT2D eigenvalue weighted by Gasteiger charge is 2.53. The lowest BCUT2D eigenvalue weighted by Gasteiger charge is -2.38. The van der Waals surface area contributed by atoms with E-state index in [4.69, 9.17) is 26.6 Å². The van der Waals surface area contributed by atoms with E-state index >= 15 is 0 Å². The monoisotopic (exact) mass is 558 g/mol. The van der Waals surface area contributed by atoms with Crippen molar-refractivity contribution in [1.82, 2.24) is 0 Å². The summed E-state index contributed by atoms with van der Waals surface area (Å²) >= 11 is 0. The first kappa shape index (κ1) is 34.9. The first-order chi connectivity index (χ1) is 16.5.